The van der Waals surface area contributed by atoms with Gasteiger partial charge in [-0.25, -0.2) is 12.8 Å². The van der Waals surface area contributed by atoms with Gasteiger partial charge in [-0.05, 0) is 55.1 Å². The molecule has 0 aliphatic carbocycles. The van der Waals surface area contributed by atoms with Gasteiger partial charge in [-0.1, -0.05) is 66.2 Å². The molecule has 5 nitrogen and oxygen atoms in total. The second kappa shape index (κ2) is 9.82. The summed E-state index contributed by atoms with van der Waals surface area (Å²) in [4.78, 5) is 1.95. The van der Waals surface area contributed by atoms with E-state index in [2.05, 4.69) is 54.3 Å². The molecule has 2 heterocycles. The van der Waals surface area contributed by atoms with Gasteiger partial charge in [-0.2, -0.15) is 4.31 Å². The molecule has 2 aliphatic heterocycles. The first kappa shape index (κ1) is 24.1. The number of benzene rings is 3. The van der Waals surface area contributed by atoms with E-state index in [-0.39, 0.29) is 36.0 Å². The van der Waals surface area contributed by atoms with Crippen molar-refractivity contribution in [2.45, 2.75) is 42.7 Å². The Morgan fingerprint density at radius 1 is 0.943 bits per heavy atom. The van der Waals surface area contributed by atoms with Gasteiger partial charge in [0.15, 0.2) is 0 Å². The van der Waals surface area contributed by atoms with E-state index in [9.17, 15) is 17.9 Å². The van der Waals surface area contributed by atoms with E-state index in [1.807, 2.05) is 6.07 Å². The maximum atomic E-state index is 14.4. The normalized spacial score (nSPS) is 23.7. The van der Waals surface area contributed by atoms with Gasteiger partial charge in [0.05, 0.1) is 6.61 Å². The molecule has 2 aliphatic rings. The van der Waals surface area contributed by atoms with Gasteiger partial charge in [0.1, 0.15) is 10.7 Å². The maximum absolute atomic E-state index is 14.4. The average Bonchev–Trinajstić information content (AvgIpc) is 2.83. The number of halogens is 1. The Labute approximate surface area is 206 Å². The molecule has 0 radical (unpaired) electrons. The number of aliphatic hydroxyl groups excluding tert-OH is 1. The lowest BCUT2D eigenvalue weighted by Gasteiger charge is -2.57. The highest BCUT2D eigenvalue weighted by Crippen LogP contribution is 2.43. The lowest BCUT2D eigenvalue weighted by molar-refractivity contribution is -0.0554. The number of nitrogens with zero attached hydrogens (tertiary/aromatic N) is 2. The van der Waals surface area contributed by atoms with E-state index in [1.165, 1.54) is 28.1 Å². The zero-order valence-electron chi connectivity index (χ0n) is 19.8. The van der Waals surface area contributed by atoms with Crippen LogP contribution >= 0.6 is 0 Å². The monoisotopic (exact) mass is 494 g/mol. The second-order valence-electron chi connectivity index (χ2n) is 9.57. The Hall–Kier alpha value is -2.58. The third kappa shape index (κ3) is 4.54. The zero-order valence-corrected chi connectivity index (χ0v) is 20.7. The molecule has 0 amide bonds. The fourth-order valence-electron chi connectivity index (χ4n) is 5.64. The fourth-order valence-corrected chi connectivity index (χ4v) is 7.20. The molecule has 5 rings (SSSR count). The summed E-state index contributed by atoms with van der Waals surface area (Å²) in [5, 5.41) is 10.2. The minimum Gasteiger partial charge on any atom is -0.395 e. The van der Waals surface area contributed by atoms with Crippen molar-refractivity contribution < 1.29 is 17.9 Å². The van der Waals surface area contributed by atoms with Gasteiger partial charge < -0.3 is 5.11 Å². The number of sulfonamides is 1. The number of aryl methyl sites for hydroxylation is 1. The SMILES string of the molecule is Cc1cccc(-c2ccc([C@H]3[C@@H](CO)N4CCCCN(S(=O)(=O)c5ccccc5F)C[C@@H]34)cc2)c1. The van der Waals surface area contributed by atoms with Gasteiger partial charge in [-0.15, -0.1) is 0 Å². The van der Waals surface area contributed by atoms with Crippen LogP contribution in [-0.4, -0.2) is 61.1 Å². The Morgan fingerprint density at radius 2 is 1.69 bits per heavy atom. The Balaban J connectivity index is 1.43. The molecule has 0 saturated carbocycles. The summed E-state index contributed by atoms with van der Waals surface area (Å²) in [5.41, 5.74) is 4.56. The lowest BCUT2D eigenvalue weighted by Crippen LogP contribution is -2.67. The van der Waals surface area contributed by atoms with Crippen molar-refractivity contribution in [1.29, 1.82) is 0 Å². The molecule has 184 valence electrons. The molecule has 1 N–H and O–H groups in total. The van der Waals surface area contributed by atoms with Gasteiger partial charge in [0.25, 0.3) is 0 Å². The average molecular weight is 495 g/mol. The Morgan fingerprint density at radius 3 is 2.40 bits per heavy atom. The van der Waals surface area contributed by atoms with E-state index in [0.717, 1.165) is 29.7 Å². The molecule has 7 heteroatoms. The summed E-state index contributed by atoms with van der Waals surface area (Å²) in [6.07, 6.45) is 1.53. The predicted molar refractivity (Wildman–Crippen MR) is 135 cm³/mol. The third-order valence-corrected chi connectivity index (χ3v) is 9.33. The highest BCUT2D eigenvalue weighted by Gasteiger charge is 2.50. The number of hydrogen-bond donors (Lipinski definition) is 1. The molecule has 35 heavy (non-hydrogen) atoms. The van der Waals surface area contributed by atoms with Crippen LogP contribution < -0.4 is 0 Å². The van der Waals surface area contributed by atoms with Crippen LogP contribution in [0.25, 0.3) is 11.1 Å². The summed E-state index contributed by atoms with van der Waals surface area (Å²) >= 11 is 0. The number of rotatable bonds is 5. The van der Waals surface area contributed by atoms with Crippen molar-refractivity contribution >= 4 is 10.0 Å². The number of hydrogen-bond acceptors (Lipinski definition) is 4. The minimum absolute atomic E-state index is 0.00276. The van der Waals surface area contributed by atoms with Crippen molar-refractivity contribution in [2.75, 3.05) is 26.2 Å². The standard InChI is InChI=1S/C28H31FN2O3S/c1-20-7-6-8-23(17-20)21-11-13-22(14-12-21)28-25-18-30(15-4-5-16-31(25)26(28)19-32)35(33,34)27-10-3-2-9-24(27)29/h2-3,6-14,17,25-26,28,32H,4-5,15-16,18-19H2,1H3/t25-,26+,28+/m0/s1. The molecule has 0 aromatic heterocycles. The van der Waals surface area contributed by atoms with Gasteiger partial charge in [0.2, 0.25) is 10.0 Å². The second-order valence-corrected chi connectivity index (χ2v) is 11.5. The smallest absolute Gasteiger partial charge is 0.246 e. The summed E-state index contributed by atoms with van der Waals surface area (Å²) in [6, 6.07) is 22.2. The first-order chi connectivity index (χ1) is 16.9. The Bertz CT molecular complexity index is 1300. The van der Waals surface area contributed by atoms with Crippen molar-refractivity contribution in [3.8, 4) is 11.1 Å². The summed E-state index contributed by atoms with van der Waals surface area (Å²) in [5.74, 6) is -0.723. The van der Waals surface area contributed by atoms with Crippen molar-refractivity contribution in [3.63, 3.8) is 0 Å². The van der Waals surface area contributed by atoms with Crippen LogP contribution in [0.15, 0.2) is 77.7 Å². The zero-order chi connectivity index (χ0) is 24.6. The van der Waals surface area contributed by atoms with Crippen molar-refractivity contribution in [2.24, 2.45) is 0 Å². The summed E-state index contributed by atoms with van der Waals surface area (Å²) in [6.45, 7) is 3.55. The molecule has 2 fully saturated rings. The molecular formula is C28H31FN2O3S. The highest BCUT2D eigenvalue weighted by molar-refractivity contribution is 7.89. The highest BCUT2D eigenvalue weighted by atomic mass is 32.2. The maximum Gasteiger partial charge on any atom is 0.246 e. The molecule has 2 saturated heterocycles. The van der Waals surface area contributed by atoms with Gasteiger partial charge in [-0.3, -0.25) is 4.90 Å². The van der Waals surface area contributed by atoms with Crippen LogP contribution in [0.2, 0.25) is 0 Å². The van der Waals surface area contributed by atoms with Crippen LogP contribution in [0.3, 0.4) is 0 Å². The van der Waals surface area contributed by atoms with E-state index < -0.39 is 15.8 Å². The minimum atomic E-state index is -3.96. The van der Waals surface area contributed by atoms with E-state index in [1.54, 1.807) is 6.07 Å². The lowest BCUT2D eigenvalue weighted by atomic mass is 9.74. The van der Waals surface area contributed by atoms with E-state index >= 15 is 0 Å². The number of fused-ring (bicyclic) bond motifs is 1. The van der Waals surface area contributed by atoms with Crippen molar-refractivity contribution in [3.05, 3.63) is 89.7 Å². The van der Waals surface area contributed by atoms with Crippen LogP contribution in [0.5, 0.6) is 0 Å². The van der Waals surface area contributed by atoms with Crippen LogP contribution in [0.4, 0.5) is 4.39 Å². The third-order valence-electron chi connectivity index (χ3n) is 7.43. The van der Waals surface area contributed by atoms with Gasteiger partial charge in [0, 0.05) is 31.1 Å². The first-order valence-corrected chi connectivity index (χ1v) is 13.6. The molecule has 0 unspecified atom stereocenters. The first-order valence-electron chi connectivity index (χ1n) is 12.2. The summed E-state index contributed by atoms with van der Waals surface area (Å²) in [7, 11) is -3.96. The number of aliphatic hydroxyl groups is 1. The molecule has 0 spiro atoms. The molecule has 0 bridgehead atoms. The van der Waals surface area contributed by atoms with E-state index in [4.69, 9.17) is 0 Å². The predicted octanol–water partition coefficient (Wildman–Crippen LogP) is 4.41. The molecule has 3 aromatic carbocycles. The molecule has 3 aromatic rings. The van der Waals surface area contributed by atoms with Crippen LogP contribution in [-0.2, 0) is 10.0 Å². The molecular weight excluding hydrogens is 463 g/mol. The van der Waals surface area contributed by atoms with Crippen LogP contribution in [0.1, 0.15) is 29.9 Å². The topological polar surface area (TPSA) is 60.9 Å². The molecule has 3 atom stereocenters. The largest absolute Gasteiger partial charge is 0.395 e. The van der Waals surface area contributed by atoms with E-state index in [0.29, 0.717) is 13.0 Å². The Kier molecular flexibility index (Phi) is 6.77. The fraction of sp³-hybridized carbons (Fsp3) is 0.357. The van der Waals surface area contributed by atoms with Gasteiger partial charge >= 0.3 is 0 Å². The van der Waals surface area contributed by atoms with Crippen molar-refractivity contribution in [1.82, 2.24) is 9.21 Å². The summed E-state index contributed by atoms with van der Waals surface area (Å²) < 4.78 is 42.6. The quantitative estimate of drug-likeness (QED) is 0.571. The van der Waals surface area contributed by atoms with Crippen LogP contribution in [0, 0.1) is 12.7 Å².